The zero-order valence-corrected chi connectivity index (χ0v) is 9.59. The van der Waals surface area contributed by atoms with Gasteiger partial charge in [-0.05, 0) is 19.3 Å². The van der Waals surface area contributed by atoms with Crippen LogP contribution in [-0.2, 0) is 0 Å². The summed E-state index contributed by atoms with van der Waals surface area (Å²) in [4.78, 5) is 0. The van der Waals surface area contributed by atoms with Crippen LogP contribution in [0.15, 0.2) is 23.8 Å². The van der Waals surface area contributed by atoms with Gasteiger partial charge >= 0.3 is 0 Å². The van der Waals surface area contributed by atoms with E-state index in [0.29, 0.717) is 0 Å². The van der Waals surface area contributed by atoms with Crippen LogP contribution < -0.4 is 0 Å². The second-order valence-electron chi connectivity index (χ2n) is 3.45. The molecule has 0 heteroatoms. The molecule has 0 rings (SSSR count). The molecular weight excluding hydrogens is 168 g/mol. The van der Waals surface area contributed by atoms with Crippen molar-refractivity contribution in [1.82, 2.24) is 0 Å². The van der Waals surface area contributed by atoms with Crippen LogP contribution in [-0.4, -0.2) is 0 Å². The van der Waals surface area contributed by atoms with Gasteiger partial charge in [0.15, 0.2) is 0 Å². The van der Waals surface area contributed by atoms with Crippen LogP contribution in [0.2, 0.25) is 0 Å². The molecule has 0 aromatic carbocycles. The Morgan fingerprint density at radius 3 is 2.00 bits per heavy atom. The van der Waals surface area contributed by atoms with E-state index in [0.717, 1.165) is 17.9 Å². The Balaban J connectivity index is -0.000000209. The first-order valence-electron chi connectivity index (χ1n) is 4.86. The molecule has 14 heavy (non-hydrogen) atoms. The molecule has 0 aliphatic carbocycles. The van der Waals surface area contributed by atoms with Gasteiger partial charge in [0.1, 0.15) is 0 Å². The molecule has 0 heterocycles. The highest BCUT2D eigenvalue weighted by Crippen LogP contribution is 1.96. The maximum atomic E-state index is 5.17. The van der Waals surface area contributed by atoms with Crippen LogP contribution in [0, 0.1) is 18.3 Å². The second-order valence-corrected chi connectivity index (χ2v) is 3.45. The van der Waals surface area contributed by atoms with Gasteiger partial charge in [-0.15, -0.1) is 6.42 Å². The first-order chi connectivity index (χ1) is 6.08. The molecule has 0 fully saturated rings. The summed E-state index contributed by atoms with van der Waals surface area (Å²) in [6.45, 7) is 10.5. The number of hydrogen-bond acceptors (Lipinski definition) is 0. The Morgan fingerprint density at radius 1 is 1.36 bits per heavy atom. The fourth-order valence-corrected chi connectivity index (χ4v) is 0.480. The summed E-state index contributed by atoms with van der Waals surface area (Å²) in [7, 11) is 0. The van der Waals surface area contributed by atoms with E-state index in [1.165, 1.54) is 0 Å². The standard InChI is InChI=1S/C9H12.C4H10.CH4/c1-4-7-8-9(5-2)6-3;1-4(2)3;/h2,4,7-8H,6H2,1,3H3;4H,1-3H3;1H4/b7-4-,9-8+;;. The van der Waals surface area contributed by atoms with Gasteiger partial charge in [0.2, 0.25) is 0 Å². The summed E-state index contributed by atoms with van der Waals surface area (Å²) in [5.74, 6) is 3.43. The van der Waals surface area contributed by atoms with Crippen molar-refractivity contribution in [1.29, 1.82) is 0 Å². The van der Waals surface area contributed by atoms with Crippen LogP contribution in [0.3, 0.4) is 0 Å². The highest BCUT2D eigenvalue weighted by molar-refractivity contribution is 5.28. The van der Waals surface area contributed by atoms with Gasteiger partial charge in [-0.2, -0.15) is 0 Å². The lowest BCUT2D eigenvalue weighted by atomic mass is 10.2. The predicted molar refractivity (Wildman–Crippen MR) is 69.3 cm³/mol. The Labute approximate surface area is 91.1 Å². The Morgan fingerprint density at radius 2 is 1.79 bits per heavy atom. The van der Waals surface area contributed by atoms with E-state index in [1.807, 2.05) is 25.2 Å². The SMILES string of the molecule is C.C#C/C(=C\C=C/C)CC.CC(C)C. The summed E-state index contributed by atoms with van der Waals surface area (Å²) in [5, 5.41) is 0. The number of allylic oxidation sites excluding steroid dienone is 4. The van der Waals surface area contributed by atoms with E-state index >= 15 is 0 Å². The fraction of sp³-hybridized carbons (Fsp3) is 0.571. The molecule has 0 nitrogen and oxygen atoms in total. The first-order valence-corrected chi connectivity index (χ1v) is 4.86. The maximum Gasteiger partial charge on any atom is 0.00147 e. The first kappa shape index (κ1) is 18.8. The van der Waals surface area contributed by atoms with Crippen molar-refractivity contribution in [2.75, 3.05) is 0 Å². The molecule has 0 aromatic rings. The predicted octanol–water partition coefficient (Wildman–Crippen LogP) is 4.83. The Kier molecular flexibility index (Phi) is 19.5. The smallest absolute Gasteiger partial charge is 0.00147 e. The van der Waals surface area contributed by atoms with Crippen molar-refractivity contribution < 1.29 is 0 Å². The zero-order chi connectivity index (χ0) is 10.7. The van der Waals surface area contributed by atoms with E-state index in [4.69, 9.17) is 6.42 Å². The second kappa shape index (κ2) is 14.6. The minimum absolute atomic E-state index is 0. The van der Waals surface area contributed by atoms with Crippen molar-refractivity contribution in [3.63, 3.8) is 0 Å². The minimum atomic E-state index is 0. The van der Waals surface area contributed by atoms with Gasteiger partial charge in [0, 0.05) is 5.57 Å². The molecule has 0 aliphatic rings. The van der Waals surface area contributed by atoms with Gasteiger partial charge in [-0.1, -0.05) is 59.3 Å². The van der Waals surface area contributed by atoms with Crippen molar-refractivity contribution in [2.45, 2.75) is 48.5 Å². The maximum absolute atomic E-state index is 5.17. The number of terminal acetylenes is 1. The quantitative estimate of drug-likeness (QED) is 0.436. The molecule has 0 unspecified atom stereocenters. The molecule has 0 spiro atoms. The highest BCUT2D eigenvalue weighted by atomic mass is 13.8. The van der Waals surface area contributed by atoms with Crippen LogP contribution in [0.25, 0.3) is 0 Å². The average molecular weight is 194 g/mol. The van der Waals surface area contributed by atoms with Gasteiger partial charge < -0.3 is 0 Å². The summed E-state index contributed by atoms with van der Waals surface area (Å²) in [6, 6.07) is 0. The molecular formula is C14H26. The van der Waals surface area contributed by atoms with Crippen LogP contribution in [0.1, 0.15) is 48.5 Å². The van der Waals surface area contributed by atoms with E-state index < -0.39 is 0 Å². The molecule has 0 atom stereocenters. The summed E-state index contributed by atoms with van der Waals surface area (Å²) in [5.41, 5.74) is 1.05. The lowest BCUT2D eigenvalue weighted by Crippen LogP contribution is -1.70. The minimum Gasteiger partial charge on any atom is -0.115 e. The van der Waals surface area contributed by atoms with Crippen LogP contribution in [0.4, 0.5) is 0 Å². The van der Waals surface area contributed by atoms with Crippen molar-refractivity contribution in [3.8, 4) is 12.3 Å². The third-order valence-electron chi connectivity index (χ3n) is 1.06. The van der Waals surface area contributed by atoms with Crippen LogP contribution in [0.5, 0.6) is 0 Å². The number of hydrogen-bond donors (Lipinski definition) is 0. The molecule has 0 bridgehead atoms. The molecule has 82 valence electrons. The summed E-state index contributed by atoms with van der Waals surface area (Å²) < 4.78 is 0. The molecule has 0 aromatic heterocycles. The Hall–Kier alpha value is -0.960. The molecule has 0 N–H and O–H groups in total. The summed E-state index contributed by atoms with van der Waals surface area (Å²) >= 11 is 0. The van der Waals surface area contributed by atoms with Gasteiger partial charge in [-0.25, -0.2) is 0 Å². The molecule has 0 aliphatic heterocycles. The summed E-state index contributed by atoms with van der Waals surface area (Å²) in [6.07, 6.45) is 12.0. The third kappa shape index (κ3) is 22.5. The van der Waals surface area contributed by atoms with Crippen molar-refractivity contribution in [2.24, 2.45) is 5.92 Å². The Bertz CT molecular complexity index is 184. The van der Waals surface area contributed by atoms with E-state index in [9.17, 15) is 0 Å². The molecule has 0 amide bonds. The largest absolute Gasteiger partial charge is 0.115 e. The number of rotatable bonds is 2. The van der Waals surface area contributed by atoms with Crippen molar-refractivity contribution >= 4 is 0 Å². The molecule has 0 radical (unpaired) electrons. The van der Waals surface area contributed by atoms with E-state index in [2.05, 4.69) is 33.6 Å². The monoisotopic (exact) mass is 194 g/mol. The average Bonchev–Trinajstić information content (AvgIpc) is 2.06. The van der Waals surface area contributed by atoms with E-state index in [-0.39, 0.29) is 7.43 Å². The van der Waals surface area contributed by atoms with E-state index in [1.54, 1.807) is 0 Å². The normalized spacial score (nSPS) is 10.2. The zero-order valence-electron chi connectivity index (χ0n) is 9.59. The third-order valence-corrected chi connectivity index (χ3v) is 1.06. The topological polar surface area (TPSA) is 0 Å². The van der Waals surface area contributed by atoms with Crippen LogP contribution >= 0.6 is 0 Å². The highest BCUT2D eigenvalue weighted by Gasteiger charge is 1.80. The fourth-order valence-electron chi connectivity index (χ4n) is 0.480. The molecule has 0 saturated heterocycles. The lowest BCUT2D eigenvalue weighted by Gasteiger charge is -1.86. The lowest BCUT2D eigenvalue weighted by molar-refractivity contribution is 0.737. The van der Waals surface area contributed by atoms with Gasteiger partial charge in [0.05, 0.1) is 0 Å². The van der Waals surface area contributed by atoms with Crippen molar-refractivity contribution in [3.05, 3.63) is 23.8 Å². The molecule has 0 saturated carbocycles. The van der Waals surface area contributed by atoms with Gasteiger partial charge in [0.25, 0.3) is 0 Å². The van der Waals surface area contributed by atoms with Gasteiger partial charge in [-0.3, -0.25) is 0 Å².